The van der Waals surface area contributed by atoms with E-state index in [1.807, 2.05) is 0 Å². The van der Waals surface area contributed by atoms with Gasteiger partial charge in [0.25, 0.3) is 0 Å². The molecule has 0 radical (unpaired) electrons. The van der Waals surface area contributed by atoms with E-state index in [4.69, 9.17) is 10.5 Å². The fraction of sp³-hybridized carbons (Fsp3) is 0.455. The van der Waals surface area contributed by atoms with Gasteiger partial charge in [-0.2, -0.15) is 13.2 Å². The number of hydrogen-bond acceptors (Lipinski definition) is 2. The topological polar surface area (TPSA) is 35.2 Å². The van der Waals surface area contributed by atoms with Crippen LogP contribution < -0.4 is 10.5 Å². The summed E-state index contributed by atoms with van der Waals surface area (Å²) in [6.07, 6.45) is -5.57. The predicted molar refractivity (Wildman–Crippen MR) is 62.4 cm³/mol. The van der Waals surface area contributed by atoms with Gasteiger partial charge in [0.15, 0.2) is 0 Å². The molecule has 0 fully saturated rings. The third kappa shape index (κ3) is 5.10. The fourth-order valence-corrected chi connectivity index (χ4v) is 1.47. The maximum atomic E-state index is 13.0. The molecule has 0 unspecified atom stereocenters. The van der Waals surface area contributed by atoms with E-state index < -0.39 is 24.5 Å². The molecule has 1 rings (SSSR count). The molecule has 0 bridgehead atoms. The minimum atomic E-state index is -4.27. The maximum Gasteiger partial charge on any atom is 0.389 e. The van der Waals surface area contributed by atoms with Gasteiger partial charge < -0.3 is 10.5 Å². The number of ether oxygens (including phenoxy) is 1. The molecule has 0 aromatic heterocycles. The van der Waals surface area contributed by atoms with Crippen LogP contribution in [0.5, 0.6) is 5.75 Å². The van der Waals surface area contributed by atoms with Gasteiger partial charge >= 0.3 is 6.18 Å². The molecule has 2 nitrogen and oxygen atoms in total. The molecule has 1 aromatic rings. The highest BCUT2D eigenvalue weighted by Crippen LogP contribution is 2.30. The van der Waals surface area contributed by atoms with Crippen molar-refractivity contribution in [3.8, 4) is 5.75 Å². The average Bonchev–Trinajstić information content (AvgIpc) is 2.25. The van der Waals surface area contributed by atoms with Gasteiger partial charge in [0.05, 0.1) is 7.11 Å². The molecule has 0 spiro atoms. The van der Waals surface area contributed by atoms with Crippen LogP contribution in [0.2, 0.25) is 0 Å². The monoisotopic (exact) mass is 287 g/mol. The van der Waals surface area contributed by atoms with Crippen molar-refractivity contribution in [2.45, 2.75) is 25.1 Å². The smallest absolute Gasteiger partial charge is 0.389 e. The lowest BCUT2D eigenvalue weighted by Crippen LogP contribution is -2.16. The predicted octanol–water partition coefficient (Wildman–Crippen LogP) is 3.60. The third-order valence-electron chi connectivity index (χ3n) is 2.33. The van der Waals surface area contributed by atoms with Gasteiger partial charge in [-0.05, 0) is 24.6 Å². The van der Waals surface area contributed by atoms with Crippen LogP contribution in [0.25, 0.3) is 0 Å². The molecular formula is C11H14ClF4NO. The van der Waals surface area contributed by atoms with Gasteiger partial charge in [-0.15, -0.1) is 12.4 Å². The van der Waals surface area contributed by atoms with Crippen molar-refractivity contribution in [3.05, 3.63) is 29.6 Å². The summed E-state index contributed by atoms with van der Waals surface area (Å²) in [7, 11) is 1.35. The molecule has 0 amide bonds. The summed E-state index contributed by atoms with van der Waals surface area (Å²) in [6, 6.07) is 2.71. The first-order chi connectivity index (χ1) is 7.83. The number of hydrogen-bond donors (Lipinski definition) is 1. The Hall–Kier alpha value is -1.01. The quantitative estimate of drug-likeness (QED) is 0.859. The van der Waals surface area contributed by atoms with Gasteiger partial charge in [0.1, 0.15) is 11.6 Å². The van der Waals surface area contributed by atoms with Crippen LogP contribution >= 0.6 is 12.4 Å². The van der Waals surface area contributed by atoms with Crippen molar-refractivity contribution in [2.24, 2.45) is 5.73 Å². The van der Waals surface area contributed by atoms with Gasteiger partial charge in [0.2, 0.25) is 0 Å². The van der Waals surface area contributed by atoms with Crippen molar-refractivity contribution in [1.29, 1.82) is 0 Å². The number of methoxy groups -OCH3 is 1. The lowest BCUT2D eigenvalue weighted by molar-refractivity contribution is -0.136. The Morgan fingerprint density at radius 1 is 1.33 bits per heavy atom. The van der Waals surface area contributed by atoms with Gasteiger partial charge in [0, 0.05) is 18.0 Å². The van der Waals surface area contributed by atoms with Crippen LogP contribution in [0.4, 0.5) is 17.6 Å². The van der Waals surface area contributed by atoms with Crippen LogP contribution in [0.1, 0.15) is 24.4 Å². The van der Waals surface area contributed by atoms with E-state index >= 15 is 0 Å². The van der Waals surface area contributed by atoms with E-state index in [0.717, 1.165) is 6.07 Å². The molecular weight excluding hydrogens is 274 g/mol. The average molecular weight is 288 g/mol. The molecule has 18 heavy (non-hydrogen) atoms. The second kappa shape index (κ2) is 6.80. The Kier molecular flexibility index (Phi) is 6.42. The van der Waals surface area contributed by atoms with E-state index in [0.29, 0.717) is 5.75 Å². The molecule has 1 atom stereocenters. The van der Waals surface area contributed by atoms with Crippen molar-refractivity contribution in [3.63, 3.8) is 0 Å². The Morgan fingerprint density at radius 2 is 1.94 bits per heavy atom. The van der Waals surface area contributed by atoms with E-state index in [1.165, 1.54) is 19.2 Å². The van der Waals surface area contributed by atoms with Gasteiger partial charge in [-0.3, -0.25) is 0 Å². The van der Waals surface area contributed by atoms with E-state index in [-0.39, 0.29) is 24.4 Å². The highest BCUT2D eigenvalue weighted by Gasteiger charge is 2.28. The molecule has 7 heteroatoms. The lowest BCUT2D eigenvalue weighted by atomic mass is 10.0. The zero-order valence-electron chi connectivity index (χ0n) is 9.63. The summed E-state index contributed by atoms with van der Waals surface area (Å²) in [5.41, 5.74) is 5.85. The van der Waals surface area contributed by atoms with Crippen LogP contribution in [-0.2, 0) is 0 Å². The third-order valence-corrected chi connectivity index (χ3v) is 2.33. The molecule has 0 aliphatic rings. The molecule has 0 aliphatic heterocycles. The number of halogens is 5. The summed E-state index contributed by atoms with van der Waals surface area (Å²) >= 11 is 0. The van der Waals surface area contributed by atoms with Crippen LogP contribution in [0, 0.1) is 5.82 Å². The first-order valence-corrected chi connectivity index (χ1v) is 4.99. The highest BCUT2D eigenvalue weighted by atomic mass is 35.5. The van der Waals surface area contributed by atoms with Gasteiger partial charge in [-0.25, -0.2) is 4.39 Å². The van der Waals surface area contributed by atoms with E-state index in [1.54, 1.807) is 0 Å². The lowest BCUT2D eigenvalue weighted by Gasteiger charge is -2.16. The molecule has 0 aliphatic carbocycles. The first kappa shape index (κ1) is 17.0. The van der Waals surface area contributed by atoms with Crippen LogP contribution in [-0.4, -0.2) is 13.3 Å². The van der Waals surface area contributed by atoms with Crippen LogP contribution in [0.3, 0.4) is 0 Å². The summed E-state index contributed by atoms with van der Waals surface area (Å²) in [5.74, 6) is -0.260. The number of alkyl halides is 3. The zero-order chi connectivity index (χ0) is 13.1. The number of benzene rings is 1. The maximum absolute atomic E-state index is 13.0. The normalized spacial score (nSPS) is 12.8. The number of nitrogens with two attached hydrogens (primary N) is 1. The zero-order valence-corrected chi connectivity index (χ0v) is 10.4. The van der Waals surface area contributed by atoms with Crippen molar-refractivity contribution in [2.75, 3.05) is 7.11 Å². The summed E-state index contributed by atoms with van der Waals surface area (Å²) in [4.78, 5) is 0. The Balaban J connectivity index is 0.00000289. The Bertz CT molecular complexity index is 384. The van der Waals surface area contributed by atoms with Gasteiger partial charge in [-0.1, -0.05) is 0 Å². The Morgan fingerprint density at radius 3 is 2.44 bits per heavy atom. The number of rotatable bonds is 4. The van der Waals surface area contributed by atoms with Crippen LogP contribution in [0.15, 0.2) is 18.2 Å². The minimum Gasteiger partial charge on any atom is -0.496 e. The summed E-state index contributed by atoms with van der Waals surface area (Å²) < 4.78 is 54.0. The second-order valence-corrected chi connectivity index (χ2v) is 3.65. The fourth-order valence-electron chi connectivity index (χ4n) is 1.47. The van der Waals surface area contributed by atoms with E-state index in [9.17, 15) is 17.6 Å². The minimum absolute atomic E-state index is 0. The molecule has 0 saturated heterocycles. The molecule has 2 N–H and O–H groups in total. The second-order valence-electron chi connectivity index (χ2n) is 3.65. The van der Waals surface area contributed by atoms with Crippen molar-refractivity contribution >= 4 is 12.4 Å². The molecule has 104 valence electrons. The SMILES string of the molecule is COc1ccc(F)cc1[C@H](N)CCC(F)(F)F.Cl. The molecule has 1 aromatic carbocycles. The summed E-state index contributed by atoms with van der Waals surface area (Å²) in [5, 5.41) is 0. The first-order valence-electron chi connectivity index (χ1n) is 4.99. The molecule has 0 heterocycles. The van der Waals surface area contributed by atoms with Crippen molar-refractivity contribution in [1.82, 2.24) is 0 Å². The van der Waals surface area contributed by atoms with E-state index in [2.05, 4.69) is 0 Å². The summed E-state index contributed by atoms with van der Waals surface area (Å²) in [6.45, 7) is 0. The van der Waals surface area contributed by atoms with Crippen molar-refractivity contribution < 1.29 is 22.3 Å². The Labute approximate surface area is 109 Å². The largest absolute Gasteiger partial charge is 0.496 e. The molecule has 0 saturated carbocycles. The standard InChI is InChI=1S/C11H13F4NO.ClH/c1-17-10-3-2-7(12)6-8(10)9(16)4-5-11(13,14)15;/h2-3,6,9H,4-5,16H2,1H3;1H/t9-;/m1./s1. The highest BCUT2D eigenvalue weighted by molar-refractivity contribution is 5.85.